The molecule has 1 aromatic rings. The normalized spacial score (nSPS) is 23.9. The number of nitrogens with one attached hydrogen (secondary N) is 2. The van der Waals surface area contributed by atoms with Crippen LogP contribution in [0.15, 0.2) is 24.3 Å². The van der Waals surface area contributed by atoms with Crippen LogP contribution in [0, 0.1) is 12.3 Å². The molecule has 0 aliphatic carbocycles. The highest BCUT2D eigenvalue weighted by molar-refractivity contribution is 5.79. The number of amides is 2. The molecule has 0 spiro atoms. The van der Waals surface area contributed by atoms with Crippen LogP contribution in [0.4, 0.5) is 0 Å². The van der Waals surface area contributed by atoms with Gasteiger partial charge in [-0.25, -0.2) is 4.79 Å². The molecular weight excluding hydrogens is 526 g/mol. The Kier molecular flexibility index (Phi) is 13.4. The summed E-state index contributed by atoms with van der Waals surface area (Å²) in [5, 5.41) is 56.2. The Labute approximate surface area is 232 Å². The summed E-state index contributed by atoms with van der Waals surface area (Å²) >= 11 is 0. The standard InChI is InChI=1S/C27H39N3O10/c1-2-17-7-9-18(10-8-17)13-21(34)29-15-20(33)24(36)25-23(30-22(35)16-31)19(32)14-27(40-25,26(37)38)39-12-6-4-3-5-11-28/h1,7-10,19-20,23-25,31-33,36H,3-6,11-16,28H2,(H,29,34)(H,30,35)(H,37,38)/t19-,20+,23+,24+,25+,27+/m0/s1. The second-order valence-corrected chi connectivity index (χ2v) is 9.59. The van der Waals surface area contributed by atoms with Crippen LogP contribution < -0.4 is 16.4 Å². The van der Waals surface area contributed by atoms with Gasteiger partial charge in [-0.05, 0) is 37.1 Å². The van der Waals surface area contributed by atoms with Crippen LogP contribution in [0.5, 0.6) is 0 Å². The number of aliphatic carboxylic acids is 1. The van der Waals surface area contributed by atoms with E-state index in [4.69, 9.17) is 26.7 Å². The lowest BCUT2D eigenvalue weighted by Gasteiger charge is -2.46. The number of hydrogen-bond donors (Lipinski definition) is 8. The number of carbonyl (C=O) groups excluding carboxylic acids is 2. The second kappa shape index (κ2) is 16.2. The number of aliphatic hydroxyl groups excluding tert-OH is 4. The molecule has 6 atom stereocenters. The minimum Gasteiger partial charge on any atom is -0.477 e. The number of ether oxygens (including phenoxy) is 2. The molecule has 0 radical (unpaired) electrons. The van der Waals surface area contributed by atoms with Crippen molar-refractivity contribution >= 4 is 17.8 Å². The van der Waals surface area contributed by atoms with Gasteiger partial charge in [0.1, 0.15) is 18.8 Å². The minimum atomic E-state index is -2.38. The topological polar surface area (TPSA) is 221 Å². The summed E-state index contributed by atoms with van der Waals surface area (Å²) in [5.74, 6) is -2.89. The van der Waals surface area contributed by atoms with Gasteiger partial charge in [0, 0.05) is 18.5 Å². The summed E-state index contributed by atoms with van der Waals surface area (Å²) in [4.78, 5) is 36.5. The van der Waals surface area contributed by atoms with Crippen LogP contribution in [-0.2, 0) is 30.3 Å². The molecule has 40 heavy (non-hydrogen) atoms. The summed E-state index contributed by atoms with van der Waals surface area (Å²) in [7, 11) is 0. The number of carboxylic acids is 1. The zero-order chi connectivity index (χ0) is 29.7. The lowest BCUT2D eigenvalue weighted by molar-refractivity contribution is -0.310. The van der Waals surface area contributed by atoms with E-state index in [0.29, 0.717) is 30.5 Å². The average Bonchev–Trinajstić information content (AvgIpc) is 2.94. The highest BCUT2D eigenvalue weighted by Gasteiger charge is 2.55. The maximum absolute atomic E-state index is 12.4. The number of aliphatic hydroxyl groups is 4. The van der Waals surface area contributed by atoms with Gasteiger partial charge >= 0.3 is 5.97 Å². The molecule has 1 aliphatic rings. The fraction of sp³-hybridized carbons (Fsp3) is 0.593. The Balaban J connectivity index is 2.11. The Morgan fingerprint density at radius 1 is 1.15 bits per heavy atom. The number of carbonyl (C=O) groups is 3. The lowest BCUT2D eigenvalue weighted by atomic mass is 9.88. The van der Waals surface area contributed by atoms with Gasteiger partial charge in [0.05, 0.1) is 31.3 Å². The van der Waals surface area contributed by atoms with Gasteiger partial charge in [0.15, 0.2) is 0 Å². The van der Waals surface area contributed by atoms with E-state index in [9.17, 15) is 34.8 Å². The summed E-state index contributed by atoms with van der Waals surface area (Å²) < 4.78 is 11.2. The quantitative estimate of drug-likeness (QED) is 0.0808. The van der Waals surface area contributed by atoms with Gasteiger partial charge in [-0.3, -0.25) is 9.59 Å². The van der Waals surface area contributed by atoms with Gasteiger partial charge in [0.2, 0.25) is 11.8 Å². The van der Waals surface area contributed by atoms with Gasteiger partial charge < -0.3 is 51.4 Å². The Bertz CT molecular complexity index is 1010. The van der Waals surface area contributed by atoms with E-state index in [1.54, 1.807) is 24.3 Å². The van der Waals surface area contributed by atoms with Crippen molar-refractivity contribution in [3.8, 4) is 12.3 Å². The highest BCUT2D eigenvalue weighted by Crippen LogP contribution is 2.33. The maximum Gasteiger partial charge on any atom is 0.364 e. The first-order valence-electron chi connectivity index (χ1n) is 13.1. The molecule has 1 saturated heterocycles. The first-order valence-corrected chi connectivity index (χ1v) is 13.1. The largest absolute Gasteiger partial charge is 0.477 e. The Hall–Kier alpha value is -3.09. The number of hydrogen-bond acceptors (Lipinski definition) is 10. The number of benzene rings is 1. The molecule has 0 aromatic heterocycles. The van der Waals surface area contributed by atoms with Gasteiger partial charge in [-0.15, -0.1) is 6.42 Å². The predicted octanol–water partition coefficient (Wildman–Crippen LogP) is -2.01. The van der Waals surface area contributed by atoms with Crippen molar-refractivity contribution in [3.05, 3.63) is 35.4 Å². The van der Waals surface area contributed by atoms with Crippen LogP contribution in [0.3, 0.4) is 0 Å². The number of nitrogens with two attached hydrogens (primary N) is 1. The van der Waals surface area contributed by atoms with Gasteiger partial charge in [0.25, 0.3) is 5.79 Å². The summed E-state index contributed by atoms with van der Waals surface area (Å²) in [6.07, 6.45) is 0.619. The first-order chi connectivity index (χ1) is 19.1. The van der Waals surface area contributed by atoms with E-state index in [2.05, 4.69) is 16.6 Å². The first kappa shape index (κ1) is 33.1. The third kappa shape index (κ3) is 9.53. The Morgan fingerprint density at radius 3 is 2.42 bits per heavy atom. The zero-order valence-electron chi connectivity index (χ0n) is 22.2. The third-order valence-corrected chi connectivity index (χ3v) is 6.53. The number of rotatable bonds is 16. The molecule has 1 fully saturated rings. The summed E-state index contributed by atoms with van der Waals surface area (Å²) in [6, 6.07) is 5.29. The SMILES string of the molecule is C#Cc1ccc(CC(=O)NC[C@@H](O)[C@@H](O)[C@@H]2O[C@@](OCCCCCCN)(C(=O)O)C[C@H](O)[C@H]2NC(=O)CO)cc1. The average molecular weight is 566 g/mol. The van der Waals surface area contributed by atoms with Crippen molar-refractivity contribution in [2.24, 2.45) is 5.73 Å². The van der Waals surface area contributed by atoms with Crippen LogP contribution in [0.2, 0.25) is 0 Å². The van der Waals surface area contributed by atoms with Crippen molar-refractivity contribution in [1.29, 1.82) is 0 Å². The predicted molar refractivity (Wildman–Crippen MR) is 141 cm³/mol. The third-order valence-electron chi connectivity index (χ3n) is 6.53. The fourth-order valence-corrected chi connectivity index (χ4v) is 4.31. The van der Waals surface area contributed by atoms with Crippen molar-refractivity contribution < 1.29 is 49.4 Å². The van der Waals surface area contributed by atoms with Crippen molar-refractivity contribution in [2.75, 3.05) is 26.3 Å². The lowest BCUT2D eigenvalue weighted by Crippen LogP contribution is -2.68. The monoisotopic (exact) mass is 565 g/mol. The maximum atomic E-state index is 12.4. The van der Waals surface area contributed by atoms with E-state index in [1.807, 2.05) is 0 Å². The highest BCUT2D eigenvalue weighted by atomic mass is 16.7. The molecule has 1 heterocycles. The molecule has 222 valence electrons. The van der Waals surface area contributed by atoms with Crippen LogP contribution >= 0.6 is 0 Å². The number of carboxylic acid groups (broad SMARTS) is 1. The molecule has 2 amide bonds. The second-order valence-electron chi connectivity index (χ2n) is 9.59. The van der Waals surface area contributed by atoms with Crippen LogP contribution in [0.1, 0.15) is 43.2 Å². The molecule has 1 aromatic carbocycles. The number of unbranched alkanes of at least 4 members (excludes halogenated alkanes) is 3. The van der Waals surface area contributed by atoms with E-state index >= 15 is 0 Å². The van der Waals surface area contributed by atoms with Crippen molar-refractivity contribution in [3.63, 3.8) is 0 Å². The zero-order valence-corrected chi connectivity index (χ0v) is 22.2. The molecular formula is C27H39N3O10. The molecule has 2 rings (SSSR count). The smallest absolute Gasteiger partial charge is 0.364 e. The molecule has 1 aliphatic heterocycles. The van der Waals surface area contributed by atoms with Crippen LogP contribution in [-0.4, -0.2) is 106 Å². The van der Waals surface area contributed by atoms with Crippen molar-refractivity contribution in [1.82, 2.24) is 10.6 Å². The summed E-state index contributed by atoms with van der Waals surface area (Å²) in [5.41, 5.74) is 6.77. The molecule has 9 N–H and O–H groups in total. The van der Waals surface area contributed by atoms with E-state index < -0.39 is 73.6 Å². The molecule has 0 bridgehead atoms. The van der Waals surface area contributed by atoms with E-state index in [0.717, 1.165) is 12.8 Å². The fourth-order valence-electron chi connectivity index (χ4n) is 4.31. The number of terminal acetylenes is 1. The molecule has 0 saturated carbocycles. The summed E-state index contributed by atoms with van der Waals surface area (Å²) in [6.45, 7) is -0.920. The minimum absolute atomic E-state index is 0.0390. The van der Waals surface area contributed by atoms with Gasteiger partial charge in [-0.1, -0.05) is 30.9 Å². The van der Waals surface area contributed by atoms with Crippen LogP contribution in [0.25, 0.3) is 0 Å². The Morgan fingerprint density at radius 2 is 1.82 bits per heavy atom. The molecule has 13 heteroatoms. The van der Waals surface area contributed by atoms with Crippen molar-refractivity contribution in [2.45, 2.75) is 74.8 Å². The van der Waals surface area contributed by atoms with E-state index in [-0.39, 0.29) is 13.0 Å². The van der Waals surface area contributed by atoms with Gasteiger partial charge in [-0.2, -0.15) is 0 Å². The molecule has 13 nitrogen and oxygen atoms in total. The van der Waals surface area contributed by atoms with E-state index in [1.165, 1.54) is 0 Å². The molecule has 0 unspecified atom stereocenters.